The fourth-order valence-corrected chi connectivity index (χ4v) is 2.40. The molecule has 2 rings (SSSR count). The zero-order valence-corrected chi connectivity index (χ0v) is 12.2. The molecule has 1 amide bonds. The number of aliphatic imine (C=N–C) groups is 1. The normalized spacial score (nSPS) is 27.7. The lowest BCUT2D eigenvalue weighted by atomic mass is 10.2. The molecule has 2 atom stereocenters. The maximum absolute atomic E-state index is 11.8. The van der Waals surface area contributed by atoms with Crippen molar-refractivity contribution in [2.45, 2.75) is 25.0 Å². The number of hydrogen-bond acceptors (Lipinski definition) is 4. The average Bonchev–Trinajstić information content (AvgIpc) is 2.93. The number of likely N-dealkylation sites (N-methyl/N-ethyl adjacent to an activating group) is 1. The molecule has 7 heteroatoms. The van der Waals surface area contributed by atoms with Gasteiger partial charge in [0.15, 0.2) is 5.96 Å². The van der Waals surface area contributed by atoms with Crippen LogP contribution >= 0.6 is 0 Å². The van der Waals surface area contributed by atoms with Crippen LogP contribution in [0, 0.1) is 0 Å². The first kappa shape index (κ1) is 15.1. The van der Waals surface area contributed by atoms with Crippen molar-refractivity contribution < 1.29 is 14.3 Å². The van der Waals surface area contributed by atoms with E-state index in [1.165, 1.54) is 0 Å². The van der Waals surface area contributed by atoms with E-state index >= 15 is 0 Å². The molecule has 0 radical (unpaired) electrons. The Kier molecular flexibility index (Phi) is 5.19. The molecular formula is C13H24N4O3. The number of nitrogens with zero attached hydrogens (tertiary/aromatic N) is 3. The van der Waals surface area contributed by atoms with Crippen molar-refractivity contribution in [1.82, 2.24) is 9.80 Å². The molecule has 0 aliphatic carbocycles. The van der Waals surface area contributed by atoms with E-state index in [1.54, 1.807) is 19.0 Å². The molecule has 0 bridgehead atoms. The summed E-state index contributed by atoms with van der Waals surface area (Å²) >= 11 is 0. The SMILES string of the molecule is CN(C)C(=O)C1CCC(CN=C(N)N2CCOCC2)O1. The number of guanidine groups is 1. The molecule has 2 heterocycles. The standard InChI is InChI=1S/C13H24N4O3/c1-16(2)12(18)11-4-3-10(20-11)9-15-13(14)17-5-7-19-8-6-17/h10-11H,3-9H2,1-2H3,(H2,14,15). The molecule has 2 aliphatic rings. The van der Waals surface area contributed by atoms with Gasteiger partial charge >= 0.3 is 0 Å². The van der Waals surface area contributed by atoms with Crippen molar-refractivity contribution in [3.8, 4) is 0 Å². The topological polar surface area (TPSA) is 80.4 Å². The highest BCUT2D eigenvalue weighted by Gasteiger charge is 2.31. The Labute approximate surface area is 119 Å². The highest BCUT2D eigenvalue weighted by atomic mass is 16.5. The average molecular weight is 284 g/mol. The fraction of sp³-hybridized carbons (Fsp3) is 0.846. The molecule has 0 aromatic carbocycles. The zero-order chi connectivity index (χ0) is 14.5. The van der Waals surface area contributed by atoms with Crippen LogP contribution in [0.1, 0.15) is 12.8 Å². The van der Waals surface area contributed by atoms with Gasteiger partial charge in [0, 0.05) is 27.2 Å². The predicted octanol–water partition coefficient (Wildman–Crippen LogP) is -0.731. The van der Waals surface area contributed by atoms with E-state index in [0.717, 1.165) is 25.9 Å². The number of rotatable bonds is 3. The molecule has 2 aliphatic heterocycles. The molecule has 20 heavy (non-hydrogen) atoms. The Bertz CT molecular complexity index is 367. The van der Waals surface area contributed by atoms with Gasteiger partial charge in [-0.2, -0.15) is 0 Å². The van der Waals surface area contributed by atoms with Crippen LogP contribution in [0.3, 0.4) is 0 Å². The first-order valence-corrected chi connectivity index (χ1v) is 7.07. The Morgan fingerprint density at radius 2 is 2.05 bits per heavy atom. The number of hydrogen-bond donors (Lipinski definition) is 1. The molecule has 2 N–H and O–H groups in total. The molecule has 0 aromatic rings. The van der Waals surface area contributed by atoms with E-state index in [0.29, 0.717) is 25.7 Å². The Morgan fingerprint density at radius 3 is 2.70 bits per heavy atom. The van der Waals surface area contributed by atoms with Crippen LogP contribution in [0.4, 0.5) is 0 Å². The molecular weight excluding hydrogens is 260 g/mol. The summed E-state index contributed by atoms with van der Waals surface area (Å²) in [5.41, 5.74) is 5.96. The molecule has 0 spiro atoms. The number of morpholine rings is 1. The summed E-state index contributed by atoms with van der Waals surface area (Å²) in [6, 6.07) is 0. The second-order valence-corrected chi connectivity index (χ2v) is 5.36. The van der Waals surface area contributed by atoms with Crippen molar-refractivity contribution in [3.63, 3.8) is 0 Å². The fourth-order valence-electron chi connectivity index (χ4n) is 2.40. The number of nitrogens with two attached hydrogens (primary N) is 1. The Hall–Kier alpha value is -1.34. The van der Waals surface area contributed by atoms with E-state index in [2.05, 4.69) is 4.99 Å². The van der Waals surface area contributed by atoms with Gasteiger partial charge in [-0.25, -0.2) is 0 Å². The predicted molar refractivity (Wildman–Crippen MR) is 75.5 cm³/mol. The Balaban J connectivity index is 1.78. The van der Waals surface area contributed by atoms with Gasteiger partial charge in [-0.3, -0.25) is 9.79 Å². The first-order valence-electron chi connectivity index (χ1n) is 7.07. The third-order valence-corrected chi connectivity index (χ3v) is 3.62. The van der Waals surface area contributed by atoms with Gasteiger partial charge in [0.05, 0.1) is 25.9 Å². The van der Waals surface area contributed by atoms with Crippen LogP contribution in [0.15, 0.2) is 4.99 Å². The van der Waals surface area contributed by atoms with Crippen LogP contribution in [-0.4, -0.2) is 80.8 Å². The van der Waals surface area contributed by atoms with E-state index in [1.807, 2.05) is 4.90 Å². The van der Waals surface area contributed by atoms with Gasteiger partial charge in [-0.05, 0) is 12.8 Å². The van der Waals surface area contributed by atoms with Gasteiger partial charge in [0.25, 0.3) is 5.91 Å². The summed E-state index contributed by atoms with van der Waals surface area (Å²) in [4.78, 5) is 19.8. The molecule has 7 nitrogen and oxygen atoms in total. The Morgan fingerprint density at radius 1 is 1.35 bits per heavy atom. The van der Waals surface area contributed by atoms with Gasteiger partial charge in [0.2, 0.25) is 0 Å². The van der Waals surface area contributed by atoms with Gasteiger partial charge in [-0.1, -0.05) is 0 Å². The summed E-state index contributed by atoms with van der Waals surface area (Å²) in [7, 11) is 3.49. The number of amides is 1. The molecule has 114 valence electrons. The summed E-state index contributed by atoms with van der Waals surface area (Å²) in [6.07, 6.45) is 1.28. The van der Waals surface area contributed by atoms with E-state index < -0.39 is 0 Å². The van der Waals surface area contributed by atoms with Gasteiger partial charge in [0.1, 0.15) is 6.10 Å². The van der Waals surface area contributed by atoms with Crippen LogP contribution in [-0.2, 0) is 14.3 Å². The quantitative estimate of drug-likeness (QED) is 0.546. The lowest BCUT2D eigenvalue weighted by molar-refractivity contribution is -0.140. The second-order valence-electron chi connectivity index (χ2n) is 5.36. The first-order chi connectivity index (χ1) is 9.58. The lowest BCUT2D eigenvalue weighted by Gasteiger charge is -2.27. The minimum atomic E-state index is -0.324. The van der Waals surface area contributed by atoms with Crippen molar-refractivity contribution in [2.24, 2.45) is 10.7 Å². The summed E-state index contributed by atoms with van der Waals surface area (Å²) in [5.74, 6) is 0.567. The van der Waals surface area contributed by atoms with Gasteiger partial charge < -0.3 is 25.0 Å². The summed E-state index contributed by atoms with van der Waals surface area (Å²) < 4.78 is 11.0. The van der Waals surface area contributed by atoms with Crippen LogP contribution in [0.5, 0.6) is 0 Å². The maximum Gasteiger partial charge on any atom is 0.251 e. The van der Waals surface area contributed by atoms with Crippen molar-refractivity contribution in [2.75, 3.05) is 46.9 Å². The smallest absolute Gasteiger partial charge is 0.251 e. The minimum absolute atomic E-state index is 0.0107. The number of ether oxygens (including phenoxy) is 2. The summed E-state index contributed by atoms with van der Waals surface area (Å²) in [6.45, 7) is 3.46. The van der Waals surface area contributed by atoms with E-state index in [4.69, 9.17) is 15.2 Å². The summed E-state index contributed by atoms with van der Waals surface area (Å²) in [5, 5.41) is 0. The zero-order valence-electron chi connectivity index (χ0n) is 12.2. The molecule has 0 aromatic heterocycles. The molecule has 0 saturated carbocycles. The molecule has 2 unspecified atom stereocenters. The third kappa shape index (κ3) is 3.83. The van der Waals surface area contributed by atoms with E-state index in [-0.39, 0.29) is 18.1 Å². The monoisotopic (exact) mass is 284 g/mol. The van der Waals surface area contributed by atoms with Crippen molar-refractivity contribution in [1.29, 1.82) is 0 Å². The third-order valence-electron chi connectivity index (χ3n) is 3.62. The van der Waals surface area contributed by atoms with E-state index in [9.17, 15) is 4.79 Å². The highest BCUT2D eigenvalue weighted by molar-refractivity contribution is 5.80. The maximum atomic E-state index is 11.8. The van der Waals surface area contributed by atoms with Gasteiger partial charge in [-0.15, -0.1) is 0 Å². The minimum Gasteiger partial charge on any atom is -0.378 e. The van der Waals surface area contributed by atoms with Crippen molar-refractivity contribution >= 4 is 11.9 Å². The van der Waals surface area contributed by atoms with Crippen molar-refractivity contribution in [3.05, 3.63) is 0 Å². The molecule has 2 fully saturated rings. The number of carbonyl (C=O) groups is 1. The second kappa shape index (κ2) is 6.90. The molecule has 2 saturated heterocycles. The largest absolute Gasteiger partial charge is 0.378 e. The highest BCUT2D eigenvalue weighted by Crippen LogP contribution is 2.21. The van der Waals surface area contributed by atoms with Crippen LogP contribution in [0.25, 0.3) is 0 Å². The van der Waals surface area contributed by atoms with Crippen LogP contribution in [0.2, 0.25) is 0 Å². The number of carbonyl (C=O) groups excluding carboxylic acids is 1. The lowest BCUT2D eigenvalue weighted by Crippen LogP contribution is -2.45. The van der Waals surface area contributed by atoms with Crippen LogP contribution < -0.4 is 5.73 Å².